The first-order valence-corrected chi connectivity index (χ1v) is 6.78. The highest BCUT2D eigenvalue weighted by Gasteiger charge is 2.09. The third-order valence-electron chi connectivity index (χ3n) is 3.35. The lowest BCUT2D eigenvalue weighted by Gasteiger charge is -2.13. The largest absolute Gasteiger partial charge is 0.378 e. The van der Waals surface area contributed by atoms with Crippen molar-refractivity contribution in [2.45, 2.75) is 13.5 Å². The van der Waals surface area contributed by atoms with E-state index < -0.39 is 5.82 Å². The SMILES string of the molecule is Cc1ccc(F)cc1C(=O)NCc1ccc(N(C)C)cc1. The Morgan fingerprint density at radius 3 is 2.43 bits per heavy atom. The molecule has 4 heteroatoms. The third kappa shape index (κ3) is 3.81. The highest BCUT2D eigenvalue weighted by atomic mass is 19.1. The number of nitrogens with one attached hydrogen (secondary N) is 1. The van der Waals surface area contributed by atoms with Gasteiger partial charge in [-0.05, 0) is 42.3 Å². The number of hydrogen-bond donors (Lipinski definition) is 1. The van der Waals surface area contributed by atoms with Crippen LogP contribution in [0.25, 0.3) is 0 Å². The van der Waals surface area contributed by atoms with E-state index in [1.54, 1.807) is 13.0 Å². The predicted molar refractivity (Wildman–Crippen MR) is 83.1 cm³/mol. The standard InChI is InChI=1S/C17H19FN2O/c1-12-4-7-14(18)10-16(12)17(21)19-11-13-5-8-15(9-6-13)20(2)3/h4-10H,11H2,1-3H3,(H,19,21). The first-order chi connectivity index (χ1) is 9.97. The molecule has 2 rings (SSSR count). The molecule has 0 bridgehead atoms. The number of carbonyl (C=O) groups excluding carboxylic acids is 1. The molecule has 0 radical (unpaired) electrons. The molecule has 0 heterocycles. The molecule has 0 saturated carbocycles. The van der Waals surface area contributed by atoms with Gasteiger partial charge >= 0.3 is 0 Å². The molecule has 0 fully saturated rings. The van der Waals surface area contributed by atoms with Crippen LogP contribution in [0.5, 0.6) is 0 Å². The maximum absolute atomic E-state index is 13.2. The number of amides is 1. The van der Waals surface area contributed by atoms with Gasteiger partial charge in [-0.15, -0.1) is 0 Å². The van der Waals surface area contributed by atoms with Crippen molar-refractivity contribution in [2.24, 2.45) is 0 Å². The zero-order chi connectivity index (χ0) is 15.4. The summed E-state index contributed by atoms with van der Waals surface area (Å²) in [5.41, 5.74) is 3.24. The molecule has 2 aromatic rings. The molecule has 0 spiro atoms. The summed E-state index contributed by atoms with van der Waals surface area (Å²) in [6, 6.07) is 12.1. The Bertz CT molecular complexity index is 636. The van der Waals surface area contributed by atoms with Crippen LogP contribution in [0, 0.1) is 12.7 Å². The van der Waals surface area contributed by atoms with Crippen LogP contribution < -0.4 is 10.2 Å². The fourth-order valence-electron chi connectivity index (χ4n) is 2.03. The van der Waals surface area contributed by atoms with Crippen LogP contribution in [0.15, 0.2) is 42.5 Å². The summed E-state index contributed by atoms with van der Waals surface area (Å²) in [7, 11) is 3.95. The van der Waals surface area contributed by atoms with E-state index in [-0.39, 0.29) is 5.91 Å². The Balaban J connectivity index is 2.02. The second kappa shape index (κ2) is 6.39. The van der Waals surface area contributed by atoms with Crippen molar-refractivity contribution >= 4 is 11.6 Å². The zero-order valence-electron chi connectivity index (χ0n) is 12.5. The average molecular weight is 286 g/mol. The van der Waals surface area contributed by atoms with Crippen LogP contribution in [0.2, 0.25) is 0 Å². The summed E-state index contributed by atoms with van der Waals surface area (Å²) in [5.74, 6) is -0.662. The first-order valence-electron chi connectivity index (χ1n) is 6.78. The Kier molecular flexibility index (Phi) is 4.58. The lowest BCUT2D eigenvalue weighted by Crippen LogP contribution is -2.23. The summed E-state index contributed by atoms with van der Waals surface area (Å²) in [6.45, 7) is 2.21. The summed E-state index contributed by atoms with van der Waals surface area (Å²) in [6.07, 6.45) is 0. The summed E-state index contributed by atoms with van der Waals surface area (Å²) >= 11 is 0. The van der Waals surface area contributed by atoms with Crippen molar-refractivity contribution in [3.8, 4) is 0 Å². The van der Waals surface area contributed by atoms with E-state index in [1.807, 2.05) is 43.3 Å². The topological polar surface area (TPSA) is 32.3 Å². The summed E-state index contributed by atoms with van der Waals surface area (Å²) < 4.78 is 13.2. The second-order valence-electron chi connectivity index (χ2n) is 5.20. The van der Waals surface area contributed by atoms with Crippen LogP contribution in [-0.2, 0) is 6.54 Å². The van der Waals surface area contributed by atoms with Gasteiger partial charge in [0, 0.05) is 31.9 Å². The van der Waals surface area contributed by atoms with Gasteiger partial charge < -0.3 is 10.2 Å². The highest BCUT2D eigenvalue weighted by Crippen LogP contribution is 2.13. The average Bonchev–Trinajstić information content (AvgIpc) is 2.47. The van der Waals surface area contributed by atoms with Crippen molar-refractivity contribution in [1.82, 2.24) is 5.32 Å². The second-order valence-corrected chi connectivity index (χ2v) is 5.20. The first kappa shape index (κ1) is 15.0. The summed E-state index contributed by atoms with van der Waals surface area (Å²) in [5, 5.41) is 2.81. The monoisotopic (exact) mass is 286 g/mol. The molecule has 1 N–H and O–H groups in total. The number of rotatable bonds is 4. The molecule has 0 aliphatic heterocycles. The van der Waals surface area contributed by atoms with Crippen LogP contribution in [-0.4, -0.2) is 20.0 Å². The number of anilines is 1. The molecule has 0 aromatic heterocycles. The van der Waals surface area contributed by atoms with Gasteiger partial charge in [-0.25, -0.2) is 4.39 Å². The van der Waals surface area contributed by atoms with E-state index in [0.29, 0.717) is 12.1 Å². The normalized spacial score (nSPS) is 10.3. The number of aryl methyl sites for hydroxylation is 1. The Hall–Kier alpha value is -2.36. The molecule has 0 unspecified atom stereocenters. The molecule has 110 valence electrons. The third-order valence-corrected chi connectivity index (χ3v) is 3.35. The fraction of sp³-hybridized carbons (Fsp3) is 0.235. The molecule has 1 amide bonds. The van der Waals surface area contributed by atoms with Gasteiger partial charge in [-0.3, -0.25) is 4.79 Å². The minimum atomic E-state index is -0.402. The molecule has 21 heavy (non-hydrogen) atoms. The van der Waals surface area contributed by atoms with Crippen molar-refractivity contribution in [3.63, 3.8) is 0 Å². The van der Waals surface area contributed by atoms with Crippen LogP contribution >= 0.6 is 0 Å². The molecular formula is C17H19FN2O. The minimum absolute atomic E-state index is 0.260. The lowest BCUT2D eigenvalue weighted by molar-refractivity contribution is 0.0950. The minimum Gasteiger partial charge on any atom is -0.378 e. The number of carbonyl (C=O) groups is 1. The molecule has 0 aliphatic carbocycles. The van der Waals surface area contributed by atoms with Gasteiger partial charge in [0.2, 0.25) is 0 Å². The van der Waals surface area contributed by atoms with Crippen molar-refractivity contribution in [1.29, 1.82) is 0 Å². The van der Waals surface area contributed by atoms with Crippen LogP contribution in [0.1, 0.15) is 21.5 Å². The van der Waals surface area contributed by atoms with Gasteiger partial charge in [0.1, 0.15) is 5.82 Å². The van der Waals surface area contributed by atoms with Gasteiger partial charge in [-0.1, -0.05) is 18.2 Å². The summed E-state index contributed by atoms with van der Waals surface area (Å²) in [4.78, 5) is 14.1. The molecular weight excluding hydrogens is 267 g/mol. The molecule has 3 nitrogen and oxygen atoms in total. The van der Waals surface area contributed by atoms with Crippen molar-refractivity contribution < 1.29 is 9.18 Å². The van der Waals surface area contributed by atoms with E-state index in [9.17, 15) is 9.18 Å². The fourth-order valence-corrected chi connectivity index (χ4v) is 2.03. The van der Waals surface area contributed by atoms with Crippen molar-refractivity contribution in [3.05, 3.63) is 65.0 Å². The van der Waals surface area contributed by atoms with E-state index in [0.717, 1.165) is 16.8 Å². The predicted octanol–water partition coefficient (Wildman–Crippen LogP) is 3.13. The number of hydrogen-bond acceptors (Lipinski definition) is 2. The molecule has 2 aromatic carbocycles. The number of benzene rings is 2. The number of halogens is 1. The maximum atomic E-state index is 13.2. The van der Waals surface area contributed by atoms with E-state index in [2.05, 4.69) is 5.32 Å². The Morgan fingerprint density at radius 1 is 1.14 bits per heavy atom. The van der Waals surface area contributed by atoms with Crippen LogP contribution in [0.3, 0.4) is 0 Å². The van der Waals surface area contributed by atoms with E-state index >= 15 is 0 Å². The molecule has 0 saturated heterocycles. The van der Waals surface area contributed by atoms with Gasteiger partial charge in [0.05, 0.1) is 0 Å². The molecule has 0 atom stereocenters. The van der Waals surface area contributed by atoms with Gasteiger partial charge in [-0.2, -0.15) is 0 Å². The Labute approximate surface area is 124 Å². The van der Waals surface area contributed by atoms with Crippen LogP contribution in [0.4, 0.5) is 10.1 Å². The zero-order valence-corrected chi connectivity index (χ0v) is 12.5. The van der Waals surface area contributed by atoms with E-state index in [4.69, 9.17) is 0 Å². The molecule has 0 aliphatic rings. The quantitative estimate of drug-likeness (QED) is 0.936. The van der Waals surface area contributed by atoms with Crippen molar-refractivity contribution in [2.75, 3.05) is 19.0 Å². The lowest BCUT2D eigenvalue weighted by atomic mass is 10.1. The van der Waals surface area contributed by atoms with Gasteiger partial charge in [0.25, 0.3) is 5.91 Å². The maximum Gasteiger partial charge on any atom is 0.251 e. The highest BCUT2D eigenvalue weighted by molar-refractivity contribution is 5.95. The number of nitrogens with zero attached hydrogens (tertiary/aromatic N) is 1. The van der Waals surface area contributed by atoms with Gasteiger partial charge in [0.15, 0.2) is 0 Å². The van der Waals surface area contributed by atoms with E-state index in [1.165, 1.54) is 12.1 Å². The Morgan fingerprint density at radius 2 is 1.81 bits per heavy atom. The smallest absolute Gasteiger partial charge is 0.251 e.